The highest BCUT2D eigenvalue weighted by Gasteiger charge is 2.18. The highest BCUT2D eigenvalue weighted by atomic mass is 16.5. The number of rotatable bonds is 4. The van der Waals surface area contributed by atoms with Crippen LogP contribution in [0.5, 0.6) is 0 Å². The first-order valence-electron chi connectivity index (χ1n) is 6.71. The zero-order valence-corrected chi connectivity index (χ0v) is 11.3. The van der Waals surface area contributed by atoms with E-state index in [0.29, 0.717) is 6.10 Å². The number of pyridine rings is 1. The Kier molecular flexibility index (Phi) is 4.55. The number of anilines is 1. The Balaban J connectivity index is 2.05. The van der Waals surface area contributed by atoms with Crippen LogP contribution in [0.25, 0.3) is 0 Å². The van der Waals surface area contributed by atoms with Crippen molar-refractivity contribution in [3.63, 3.8) is 0 Å². The number of aromatic nitrogens is 1. The second-order valence-electron chi connectivity index (χ2n) is 5.07. The van der Waals surface area contributed by atoms with E-state index in [2.05, 4.69) is 16.9 Å². The Hall–Kier alpha value is -1.13. The molecule has 1 aliphatic rings. The maximum Gasteiger partial charge on any atom is 0.133 e. The van der Waals surface area contributed by atoms with Gasteiger partial charge in [-0.3, -0.25) is 0 Å². The molecule has 2 atom stereocenters. The molecule has 2 N–H and O–H groups in total. The molecule has 100 valence electrons. The van der Waals surface area contributed by atoms with Gasteiger partial charge in [-0.2, -0.15) is 0 Å². The highest BCUT2D eigenvalue weighted by Crippen LogP contribution is 2.23. The molecule has 2 unspecified atom stereocenters. The number of nitrogens with two attached hydrogens (primary N) is 1. The van der Waals surface area contributed by atoms with Gasteiger partial charge in [-0.1, -0.05) is 6.07 Å². The molecule has 4 heteroatoms. The van der Waals surface area contributed by atoms with E-state index in [1.54, 1.807) is 0 Å². The van der Waals surface area contributed by atoms with Crippen LogP contribution in [0.1, 0.15) is 37.8 Å². The number of likely N-dealkylation sites (N-methyl/N-ethyl adjacent to an activating group) is 1. The number of hydrogen-bond donors (Lipinski definition) is 1. The number of nitrogens with zero attached hydrogens (tertiary/aromatic N) is 2. The maximum atomic E-state index is 5.99. The predicted molar refractivity (Wildman–Crippen MR) is 73.7 cm³/mol. The summed E-state index contributed by atoms with van der Waals surface area (Å²) in [5.41, 5.74) is 7.08. The lowest BCUT2D eigenvalue weighted by atomic mass is 10.1. The predicted octanol–water partition coefficient (Wildman–Crippen LogP) is 2.11. The minimum absolute atomic E-state index is 0.00317. The summed E-state index contributed by atoms with van der Waals surface area (Å²) in [5.74, 6) is 0.974. The van der Waals surface area contributed by atoms with Crippen LogP contribution in [0.2, 0.25) is 0 Å². The Morgan fingerprint density at radius 1 is 1.56 bits per heavy atom. The Labute approximate surface area is 109 Å². The molecule has 1 saturated heterocycles. The van der Waals surface area contributed by atoms with Crippen LogP contribution in [0.4, 0.5) is 5.82 Å². The van der Waals surface area contributed by atoms with Crippen molar-refractivity contribution >= 4 is 5.82 Å². The molecule has 4 nitrogen and oxygen atoms in total. The van der Waals surface area contributed by atoms with Crippen LogP contribution in [0, 0.1) is 0 Å². The first-order chi connectivity index (χ1) is 8.68. The third kappa shape index (κ3) is 3.21. The molecule has 0 spiro atoms. The van der Waals surface area contributed by atoms with E-state index in [1.165, 1.54) is 12.8 Å². The van der Waals surface area contributed by atoms with Crippen LogP contribution in [-0.2, 0) is 4.74 Å². The van der Waals surface area contributed by atoms with Crippen molar-refractivity contribution in [3.05, 3.63) is 23.9 Å². The highest BCUT2D eigenvalue weighted by molar-refractivity contribution is 5.47. The van der Waals surface area contributed by atoms with Gasteiger partial charge < -0.3 is 15.4 Å². The Morgan fingerprint density at radius 2 is 2.39 bits per heavy atom. The van der Waals surface area contributed by atoms with Gasteiger partial charge in [0, 0.05) is 38.0 Å². The fourth-order valence-electron chi connectivity index (χ4n) is 2.43. The molecule has 2 heterocycles. The summed E-state index contributed by atoms with van der Waals surface area (Å²) >= 11 is 0. The summed E-state index contributed by atoms with van der Waals surface area (Å²) in [7, 11) is 2.06. The number of hydrogen-bond acceptors (Lipinski definition) is 4. The minimum atomic E-state index is 0.00317. The van der Waals surface area contributed by atoms with Crippen LogP contribution in [0.15, 0.2) is 18.3 Å². The molecule has 1 aromatic rings. The summed E-state index contributed by atoms with van der Waals surface area (Å²) in [6, 6.07) is 3.99. The third-order valence-corrected chi connectivity index (χ3v) is 3.42. The lowest BCUT2D eigenvalue weighted by Crippen LogP contribution is -2.34. The molecule has 0 saturated carbocycles. The zero-order valence-electron chi connectivity index (χ0n) is 11.3. The summed E-state index contributed by atoms with van der Waals surface area (Å²) < 4.78 is 5.77. The first-order valence-corrected chi connectivity index (χ1v) is 6.71. The van der Waals surface area contributed by atoms with Gasteiger partial charge in [-0.05, 0) is 32.3 Å². The molecule has 0 bridgehead atoms. The molecular formula is C14H23N3O. The molecule has 18 heavy (non-hydrogen) atoms. The van der Waals surface area contributed by atoms with E-state index < -0.39 is 0 Å². The molecule has 0 aromatic carbocycles. The van der Waals surface area contributed by atoms with E-state index in [4.69, 9.17) is 10.5 Å². The molecule has 1 aromatic heterocycles. The molecule has 0 aliphatic carbocycles. The smallest absolute Gasteiger partial charge is 0.133 e. The van der Waals surface area contributed by atoms with Crippen LogP contribution in [0.3, 0.4) is 0 Å². The third-order valence-electron chi connectivity index (χ3n) is 3.42. The summed E-state index contributed by atoms with van der Waals surface area (Å²) in [4.78, 5) is 6.62. The van der Waals surface area contributed by atoms with Crippen LogP contribution < -0.4 is 10.6 Å². The van der Waals surface area contributed by atoms with Gasteiger partial charge in [0.15, 0.2) is 0 Å². The van der Waals surface area contributed by atoms with Crippen molar-refractivity contribution < 1.29 is 4.74 Å². The summed E-state index contributed by atoms with van der Waals surface area (Å²) in [5, 5.41) is 0. The van der Waals surface area contributed by atoms with Gasteiger partial charge in [-0.15, -0.1) is 0 Å². The van der Waals surface area contributed by atoms with Crippen molar-refractivity contribution in [2.45, 2.75) is 38.3 Å². The molecule has 0 amide bonds. The largest absolute Gasteiger partial charge is 0.376 e. The number of ether oxygens (including phenoxy) is 1. The summed E-state index contributed by atoms with van der Waals surface area (Å²) in [6.07, 6.45) is 5.74. The topological polar surface area (TPSA) is 51.4 Å². The van der Waals surface area contributed by atoms with Crippen molar-refractivity contribution in [1.82, 2.24) is 4.98 Å². The van der Waals surface area contributed by atoms with Crippen LogP contribution in [-0.4, -0.2) is 31.3 Å². The Bertz CT molecular complexity index is 375. The van der Waals surface area contributed by atoms with E-state index >= 15 is 0 Å². The Morgan fingerprint density at radius 3 is 3.06 bits per heavy atom. The zero-order chi connectivity index (χ0) is 13.0. The lowest BCUT2D eigenvalue weighted by Gasteiger charge is -2.29. The molecule has 1 fully saturated rings. The van der Waals surface area contributed by atoms with Gasteiger partial charge >= 0.3 is 0 Å². The maximum absolute atomic E-state index is 5.99. The monoisotopic (exact) mass is 249 g/mol. The van der Waals surface area contributed by atoms with E-state index in [9.17, 15) is 0 Å². The molecule has 2 rings (SSSR count). The fraction of sp³-hybridized carbons (Fsp3) is 0.643. The van der Waals surface area contributed by atoms with Gasteiger partial charge in [0.25, 0.3) is 0 Å². The molecule has 0 radical (unpaired) electrons. The first kappa shape index (κ1) is 13.3. The average Bonchev–Trinajstić information content (AvgIpc) is 2.40. The standard InChI is InChI=1S/C14H23N3O/c1-11(15)13-7-5-8-16-14(13)17(2)10-12-6-3-4-9-18-12/h5,7-8,11-12H,3-4,6,9-10,15H2,1-2H3. The fourth-order valence-corrected chi connectivity index (χ4v) is 2.43. The quantitative estimate of drug-likeness (QED) is 0.888. The average molecular weight is 249 g/mol. The van der Waals surface area contributed by atoms with E-state index in [1.807, 2.05) is 25.3 Å². The van der Waals surface area contributed by atoms with Crippen molar-refractivity contribution in [2.24, 2.45) is 5.73 Å². The van der Waals surface area contributed by atoms with E-state index in [0.717, 1.165) is 31.0 Å². The molecule has 1 aliphatic heterocycles. The van der Waals surface area contributed by atoms with E-state index in [-0.39, 0.29) is 6.04 Å². The second-order valence-corrected chi connectivity index (χ2v) is 5.07. The summed E-state index contributed by atoms with van der Waals surface area (Å²) in [6.45, 7) is 3.77. The van der Waals surface area contributed by atoms with Crippen molar-refractivity contribution in [3.8, 4) is 0 Å². The minimum Gasteiger partial charge on any atom is -0.376 e. The lowest BCUT2D eigenvalue weighted by molar-refractivity contribution is 0.0215. The van der Waals surface area contributed by atoms with Gasteiger partial charge in [0.05, 0.1) is 6.10 Å². The second kappa shape index (κ2) is 6.16. The SMILES string of the molecule is CC(N)c1cccnc1N(C)CC1CCCCO1. The van der Waals surface area contributed by atoms with Crippen molar-refractivity contribution in [1.29, 1.82) is 0 Å². The normalized spacial score (nSPS) is 21.6. The molecular weight excluding hydrogens is 226 g/mol. The van der Waals surface area contributed by atoms with Crippen molar-refractivity contribution in [2.75, 3.05) is 25.1 Å². The van der Waals surface area contributed by atoms with Gasteiger partial charge in [0.2, 0.25) is 0 Å². The van der Waals surface area contributed by atoms with Crippen LogP contribution >= 0.6 is 0 Å². The van der Waals surface area contributed by atoms with Gasteiger partial charge in [-0.25, -0.2) is 4.98 Å². The van der Waals surface area contributed by atoms with Gasteiger partial charge in [0.1, 0.15) is 5.82 Å².